The molecule has 0 saturated carbocycles. The Morgan fingerprint density at radius 1 is 0.968 bits per heavy atom. The third kappa shape index (κ3) is 10.0. The van der Waals surface area contributed by atoms with Crippen LogP contribution in [0.25, 0.3) is 0 Å². The molecule has 0 atom stereocenters. The summed E-state index contributed by atoms with van der Waals surface area (Å²) in [4.78, 5) is 9.82. The van der Waals surface area contributed by atoms with Crippen LogP contribution in [-0.4, -0.2) is 77.9 Å². The predicted octanol–water partition coefficient (Wildman–Crippen LogP) is 2.65. The van der Waals surface area contributed by atoms with E-state index >= 15 is 0 Å². The number of halogens is 1. The average molecular weight is 540 g/mol. The monoisotopic (exact) mass is 539 g/mol. The van der Waals surface area contributed by atoms with Crippen molar-refractivity contribution in [2.24, 2.45) is 4.99 Å². The van der Waals surface area contributed by atoms with Gasteiger partial charge < -0.3 is 15.5 Å². The summed E-state index contributed by atoms with van der Waals surface area (Å²) in [7, 11) is 0. The molecule has 1 aliphatic rings. The largest absolute Gasteiger partial charge is 0.357 e. The van der Waals surface area contributed by atoms with Gasteiger partial charge >= 0.3 is 0 Å². The summed E-state index contributed by atoms with van der Waals surface area (Å²) in [6.45, 7) is 12.5. The molecule has 2 heterocycles. The van der Waals surface area contributed by atoms with Gasteiger partial charge in [-0.25, -0.2) is 0 Å². The highest BCUT2D eigenvalue weighted by Crippen LogP contribution is 2.08. The molecule has 1 aliphatic heterocycles. The first-order chi connectivity index (χ1) is 14.8. The zero-order valence-corrected chi connectivity index (χ0v) is 21.1. The quantitative estimate of drug-likeness (QED) is 0.199. The maximum atomic E-state index is 4.68. The molecule has 1 aromatic carbocycles. The molecule has 7 nitrogen and oxygen atoms in total. The summed E-state index contributed by atoms with van der Waals surface area (Å²) in [5.41, 5.74) is 1.41. The Kier molecular flexibility index (Phi) is 12.6. The van der Waals surface area contributed by atoms with Crippen molar-refractivity contribution in [3.05, 3.63) is 54.4 Å². The molecule has 2 aromatic rings. The normalized spacial score (nSPS) is 15.5. The summed E-state index contributed by atoms with van der Waals surface area (Å²) < 4.78 is 1.95. The van der Waals surface area contributed by atoms with E-state index in [0.717, 1.165) is 84.2 Å². The second-order valence-electron chi connectivity index (χ2n) is 7.77. The van der Waals surface area contributed by atoms with Crippen molar-refractivity contribution in [2.45, 2.75) is 32.9 Å². The van der Waals surface area contributed by atoms with Crippen LogP contribution in [0.4, 0.5) is 0 Å². The molecular formula is C23H38IN7. The van der Waals surface area contributed by atoms with Gasteiger partial charge in [-0.2, -0.15) is 5.10 Å². The molecule has 0 aliphatic carbocycles. The molecule has 1 saturated heterocycles. The van der Waals surface area contributed by atoms with Crippen LogP contribution < -0.4 is 10.6 Å². The van der Waals surface area contributed by atoms with Gasteiger partial charge in [0.15, 0.2) is 5.96 Å². The highest BCUT2D eigenvalue weighted by Gasteiger charge is 2.16. The van der Waals surface area contributed by atoms with E-state index in [1.54, 1.807) is 0 Å². The van der Waals surface area contributed by atoms with Gasteiger partial charge in [-0.15, -0.1) is 24.0 Å². The van der Waals surface area contributed by atoms with Crippen molar-refractivity contribution in [1.82, 2.24) is 30.2 Å². The number of aryl methyl sites for hydroxylation is 1. The minimum atomic E-state index is 0. The second-order valence-corrected chi connectivity index (χ2v) is 7.77. The van der Waals surface area contributed by atoms with Gasteiger partial charge in [0.2, 0.25) is 0 Å². The lowest BCUT2D eigenvalue weighted by atomic mass is 10.2. The van der Waals surface area contributed by atoms with Crippen LogP contribution in [0.1, 0.15) is 25.3 Å². The molecule has 1 fully saturated rings. The van der Waals surface area contributed by atoms with Crippen LogP contribution in [-0.2, 0) is 13.1 Å². The van der Waals surface area contributed by atoms with Crippen molar-refractivity contribution in [3.8, 4) is 0 Å². The van der Waals surface area contributed by atoms with Gasteiger partial charge in [0, 0.05) is 71.3 Å². The van der Waals surface area contributed by atoms with E-state index in [1.165, 1.54) is 5.56 Å². The average Bonchev–Trinajstić information content (AvgIpc) is 3.29. The van der Waals surface area contributed by atoms with Crippen LogP contribution >= 0.6 is 24.0 Å². The number of rotatable bonds is 11. The Labute approximate surface area is 204 Å². The maximum absolute atomic E-state index is 4.68. The summed E-state index contributed by atoms with van der Waals surface area (Å²) in [6.07, 6.45) is 5.94. The Morgan fingerprint density at radius 2 is 1.74 bits per heavy atom. The SMILES string of the molecule is CCNC(=NCCCn1cccn1)NCCCN1CCN(Cc2ccccc2)CC1.I. The lowest BCUT2D eigenvalue weighted by Gasteiger charge is -2.34. The summed E-state index contributed by atoms with van der Waals surface area (Å²) in [5.74, 6) is 0.922. The third-order valence-corrected chi connectivity index (χ3v) is 5.38. The number of piperazine rings is 1. The Balaban J connectivity index is 0.00000341. The van der Waals surface area contributed by atoms with Crippen LogP contribution in [0.3, 0.4) is 0 Å². The van der Waals surface area contributed by atoms with Gasteiger partial charge in [0.05, 0.1) is 0 Å². The zero-order valence-electron chi connectivity index (χ0n) is 18.7. The van der Waals surface area contributed by atoms with Gasteiger partial charge in [-0.05, 0) is 37.9 Å². The van der Waals surface area contributed by atoms with E-state index in [-0.39, 0.29) is 24.0 Å². The third-order valence-electron chi connectivity index (χ3n) is 5.38. The number of benzene rings is 1. The molecular weight excluding hydrogens is 501 g/mol. The number of hydrogen-bond acceptors (Lipinski definition) is 4. The van der Waals surface area contributed by atoms with Crippen molar-refractivity contribution in [1.29, 1.82) is 0 Å². The minimum absolute atomic E-state index is 0. The first-order valence-corrected chi connectivity index (χ1v) is 11.3. The number of hydrogen-bond donors (Lipinski definition) is 2. The van der Waals surface area contributed by atoms with Crippen molar-refractivity contribution in [2.75, 3.05) is 52.4 Å². The fourth-order valence-corrected chi connectivity index (χ4v) is 3.72. The summed E-state index contributed by atoms with van der Waals surface area (Å²) in [6, 6.07) is 12.7. The van der Waals surface area contributed by atoms with Gasteiger partial charge in [0.25, 0.3) is 0 Å². The molecule has 8 heteroatoms. The lowest BCUT2D eigenvalue weighted by molar-refractivity contribution is 0.126. The van der Waals surface area contributed by atoms with E-state index in [9.17, 15) is 0 Å². The Hall–Kier alpha value is -1.65. The zero-order chi connectivity index (χ0) is 20.9. The van der Waals surface area contributed by atoms with Crippen LogP contribution in [0.5, 0.6) is 0 Å². The van der Waals surface area contributed by atoms with E-state index in [2.05, 4.69) is 67.8 Å². The molecule has 1 aromatic heterocycles. The second kappa shape index (κ2) is 15.2. The summed E-state index contributed by atoms with van der Waals surface area (Å²) >= 11 is 0. The fraction of sp³-hybridized carbons (Fsp3) is 0.565. The highest BCUT2D eigenvalue weighted by atomic mass is 127. The van der Waals surface area contributed by atoms with Crippen molar-refractivity contribution < 1.29 is 0 Å². The van der Waals surface area contributed by atoms with Gasteiger partial charge in [-0.1, -0.05) is 30.3 Å². The van der Waals surface area contributed by atoms with Crippen LogP contribution in [0.2, 0.25) is 0 Å². The van der Waals surface area contributed by atoms with Crippen LogP contribution in [0, 0.1) is 0 Å². The minimum Gasteiger partial charge on any atom is -0.357 e. The standard InChI is InChI=1S/C23H37N7.HI/c1-2-24-23(26-12-7-15-30-16-8-13-27-30)25-11-6-14-28-17-19-29(20-18-28)21-22-9-4-3-5-10-22;/h3-5,8-10,13,16H,2,6-7,11-12,14-15,17-21H2,1H3,(H2,24,25,26);1H. The molecule has 0 unspecified atom stereocenters. The summed E-state index contributed by atoms with van der Waals surface area (Å²) in [5, 5.41) is 11.0. The Bertz CT molecular complexity index is 713. The molecule has 3 rings (SSSR count). The van der Waals surface area contributed by atoms with Gasteiger partial charge in [0.1, 0.15) is 0 Å². The predicted molar refractivity (Wildman–Crippen MR) is 139 cm³/mol. The first-order valence-electron chi connectivity index (χ1n) is 11.3. The van der Waals surface area contributed by atoms with Crippen molar-refractivity contribution in [3.63, 3.8) is 0 Å². The molecule has 172 valence electrons. The van der Waals surface area contributed by atoms with E-state index < -0.39 is 0 Å². The smallest absolute Gasteiger partial charge is 0.191 e. The first kappa shape index (κ1) is 25.6. The van der Waals surface area contributed by atoms with E-state index in [0.29, 0.717) is 0 Å². The molecule has 0 amide bonds. The lowest BCUT2D eigenvalue weighted by Crippen LogP contribution is -2.46. The molecule has 31 heavy (non-hydrogen) atoms. The highest BCUT2D eigenvalue weighted by molar-refractivity contribution is 14.0. The van der Waals surface area contributed by atoms with Gasteiger partial charge in [-0.3, -0.25) is 14.6 Å². The Morgan fingerprint density at radius 3 is 2.45 bits per heavy atom. The molecule has 0 radical (unpaired) electrons. The van der Waals surface area contributed by atoms with Crippen LogP contribution in [0.15, 0.2) is 53.8 Å². The van der Waals surface area contributed by atoms with E-state index in [1.807, 2.05) is 23.1 Å². The molecule has 0 bridgehead atoms. The fourth-order valence-electron chi connectivity index (χ4n) is 3.72. The molecule has 0 spiro atoms. The number of aliphatic imine (C=N–C) groups is 1. The molecule has 2 N–H and O–H groups in total. The topological polar surface area (TPSA) is 60.7 Å². The maximum Gasteiger partial charge on any atom is 0.191 e. The number of nitrogens with zero attached hydrogens (tertiary/aromatic N) is 5. The number of aromatic nitrogens is 2. The van der Waals surface area contributed by atoms with E-state index in [4.69, 9.17) is 0 Å². The number of guanidine groups is 1. The number of nitrogens with one attached hydrogen (secondary N) is 2. The van der Waals surface area contributed by atoms with Crippen molar-refractivity contribution >= 4 is 29.9 Å².